The molecule has 2 aromatic rings. The van der Waals surface area contributed by atoms with Crippen LogP contribution in [0.15, 0.2) is 24.4 Å². The topological polar surface area (TPSA) is 60.5 Å². The minimum Gasteiger partial charge on any atom is -0.377 e. The molecular weight excluding hydrogens is 278 g/mol. The molecule has 1 aliphatic rings. The van der Waals surface area contributed by atoms with E-state index in [0.29, 0.717) is 11.5 Å². The molecule has 0 bridgehead atoms. The number of ether oxygens (including phenoxy) is 1. The highest BCUT2D eigenvalue weighted by atomic mass is 16.5. The zero-order valence-electron chi connectivity index (χ0n) is 13.2. The number of methoxy groups -OCH3 is 1. The Balaban J connectivity index is 1.99. The van der Waals surface area contributed by atoms with Gasteiger partial charge in [-0.3, -0.25) is 9.47 Å². The molecule has 0 spiro atoms. The second-order valence-electron chi connectivity index (χ2n) is 6.16. The normalized spacial score (nSPS) is 17.2. The first kappa shape index (κ1) is 15.1. The Bertz CT molecular complexity index is 685. The second-order valence-corrected chi connectivity index (χ2v) is 6.16. The quantitative estimate of drug-likeness (QED) is 0.693. The molecule has 22 heavy (non-hydrogen) atoms. The molecule has 118 valence electrons. The summed E-state index contributed by atoms with van der Waals surface area (Å²) in [6.45, 7) is 2.31. The Morgan fingerprint density at radius 2 is 2.09 bits per heavy atom. The fraction of sp³-hybridized carbons (Fsp3) is 0.471. The van der Waals surface area contributed by atoms with Crippen LogP contribution in [0.4, 0.5) is 0 Å². The number of ketones is 1. The van der Waals surface area contributed by atoms with Crippen LogP contribution in [0.5, 0.6) is 0 Å². The van der Waals surface area contributed by atoms with Crippen molar-refractivity contribution in [2.45, 2.75) is 18.8 Å². The van der Waals surface area contributed by atoms with Gasteiger partial charge in [-0.1, -0.05) is 0 Å². The van der Waals surface area contributed by atoms with E-state index in [1.807, 2.05) is 24.4 Å². The van der Waals surface area contributed by atoms with Crippen molar-refractivity contribution in [3.05, 3.63) is 35.5 Å². The summed E-state index contributed by atoms with van der Waals surface area (Å²) in [5.74, 6) is 6.61. The molecule has 0 atom stereocenters. The van der Waals surface area contributed by atoms with Crippen molar-refractivity contribution in [3.8, 4) is 0 Å². The van der Waals surface area contributed by atoms with Crippen LogP contribution in [0, 0.1) is 0 Å². The van der Waals surface area contributed by atoms with Crippen molar-refractivity contribution in [2.24, 2.45) is 0 Å². The number of aromatic nitrogens is 1. The second kappa shape index (κ2) is 6.10. The number of likely N-dealkylation sites (tertiary alicyclic amines) is 1. The minimum absolute atomic E-state index is 0.00324. The first-order chi connectivity index (χ1) is 10.6. The monoisotopic (exact) mass is 301 g/mol. The summed E-state index contributed by atoms with van der Waals surface area (Å²) in [5.41, 5.74) is 2.93. The summed E-state index contributed by atoms with van der Waals surface area (Å²) in [4.78, 5) is 14.4. The Labute approximate surface area is 130 Å². The van der Waals surface area contributed by atoms with Gasteiger partial charge < -0.3 is 15.5 Å². The van der Waals surface area contributed by atoms with Crippen LogP contribution in [0.3, 0.4) is 0 Å². The van der Waals surface area contributed by atoms with Gasteiger partial charge in [-0.05, 0) is 62.7 Å². The highest BCUT2D eigenvalue weighted by Crippen LogP contribution is 2.34. The lowest BCUT2D eigenvalue weighted by Gasteiger charge is -2.28. The number of hydrogen-bond acceptors (Lipinski definition) is 4. The fourth-order valence-corrected chi connectivity index (χ4v) is 3.31. The molecule has 1 fully saturated rings. The number of nitrogens with zero attached hydrogens (tertiary/aromatic N) is 2. The zero-order chi connectivity index (χ0) is 15.7. The van der Waals surface area contributed by atoms with Crippen LogP contribution < -0.4 is 5.84 Å². The highest BCUT2D eigenvalue weighted by molar-refractivity contribution is 6.01. The number of benzene rings is 1. The molecule has 5 heteroatoms. The lowest BCUT2D eigenvalue weighted by Crippen LogP contribution is -2.29. The van der Waals surface area contributed by atoms with E-state index in [0.717, 1.165) is 36.8 Å². The van der Waals surface area contributed by atoms with Gasteiger partial charge in [0, 0.05) is 24.3 Å². The van der Waals surface area contributed by atoms with Crippen molar-refractivity contribution in [1.29, 1.82) is 0 Å². The Hall–Kier alpha value is -1.85. The van der Waals surface area contributed by atoms with Gasteiger partial charge in [0.25, 0.3) is 0 Å². The van der Waals surface area contributed by atoms with E-state index in [9.17, 15) is 4.79 Å². The Kier molecular flexibility index (Phi) is 4.18. The molecule has 1 aromatic heterocycles. The van der Waals surface area contributed by atoms with Crippen LogP contribution in [-0.2, 0) is 4.74 Å². The van der Waals surface area contributed by atoms with Gasteiger partial charge in [0.05, 0.1) is 5.52 Å². The number of Topliss-reactive ketones (excluding diaryl/α,β-unsaturated/α-hetero) is 1. The lowest BCUT2D eigenvalue weighted by molar-refractivity contribution is 0.0848. The van der Waals surface area contributed by atoms with Crippen molar-refractivity contribution >= 4 is 16.7 Å². The number of hydrogen-bond donors (Lipinski definition) is 1. The summed E-state index contributed by atoms with van der Waals surface area (Å²) < 4.78 is 6.62. The molecule has 0 aliphatic carbocycles. The van der Waals surface area contributed by atoms with Gasteiger partial charge in [-0.2, -0.15) is 0 Å². The fourth-order valence-electron chi connectivity index (χ4n) is 3.31. The van der Waals surface area contributed by atoms with E-state index in [-0.39, 0.29) is 12.4 Å². The van der Waals surface area contributed by atoms with E-state index in [4.69, 9.17) is 10.6 Å². The van der Waals surface area contributed by atoms with Gasteiger partial charge in [0.1, 0.15) is 6.61 Å². The van der Waals surface area contributed by atoms with Crippen LogP contribution in [0.25, 0.3) is 10.9 Å². The molecule has 5 nitrogen and oxygen atoms in total. The first-order valence-electron chi connectivity index (χ1n) is 7.71. The number of carbonyl (C=O) groups is 1. The number of nitrogen functional groups attached to an aromatic ring is 1. The first-order valence-corrected chi connectivity index (χ1v) is 7.71. The standard InChI is InChI=1S/C17H23N3O2/c1-19-7-5-12(6-8-19)15-10-20(18)16-4-3-13(9-14(15)16)17(21)11-22-2/h3-4,9-10,12H,5-8,11,18H2,1-2H3. The van der Waals surface area contributed by atoms with Gasteiger partial charge >= 0.3 is 0 Å². The SMILES string of the molecule is COCC(=O)c1ccc2c(c1)c(C1CCN(C)CC1)cn2N. The minimum atomic E-state index is 0.00324. The summed E-state index contributed by atoms with van der Waals surface area (Å²) in [7, 11) is 3.70. The van der Waals surface area contributed by atoms with Gasteiger partial charge in [-0.15, -0.1) is 0 Å². The average molecular weight is 301 g/mol. The van der Waals surface area contributed by atoms with Crippen LogP contribution in [0.2, 0.25) is 0 Å². The van der Waals surface area contributed by atoms with E-state index in [1.165, 1.54) is 12.7 Å². The van der Waals surface area contributed by atoms with Crippen LogP contribution in [-0.4, -0.2) is 49.2 Å². The predicted octanol–water partition coefficient (Wildman–Crippen LogP) is 1.99. The van der Waals surface area contributed by atoms with Gasteiger partial charge in [0.15, 0.2) is 5.78 Å². The van der Waals surface area contributed by atoms with E-state index in [2.05, 4.69) is 11.9 Å². The number of carbonyl (C=O) groups excluding carboxylic acids is 1. The van der Waals surface area contributed by atoms with Crippen molar-refractivity contribution in [2.75, 3.05) is 39.7 Å². The largest absolute Gasteiger partial charge is 0.377 e. The van der Waals surface area contributed by atoms with Gasteiger partial charge in [-0.25, -0.2) is 0 Å². The summed E-state index contributed by atoms with van der Waals surface area (Å²) in [6.07, 6.45) is 4.28. The van der Waals surface area contributed by atoms with Crippen LogP contribution >= 0.6 is 0 Å². The third-order valence-corrected chi connectivity index (χ3v) is 4.62. The summed E-state index contributed by atoms with van der Waals surface area (Å²) in [5, 5.41) is 1.10. The highest BCUT2D eigenvalue weighted by Gasteiger charge is 2.22. The maximum absolute atomic E-state index is 12.1. The Morgan fingerprint density at radius 3 is 2.77 bits per heavy atom. The molecule has 2 N–H and O–H groups in total. The van der Waals surface area contributed by atoms with E-state index >= 15 is 0 Å². The van der Waals surface area contributed by atoms with Crippen molar-refractivity contribution < 1.29 is 9.53 Å². The molecule has 1 aromatic carbocycles. The third kappa shape index (κ3) is 2.74. The smallest absolute Gasteiger partial charge is 0.188 e. The van der Waals surface area contributed by atoms with Crippen LogP contribution in [0.1, 0.15) is 34.7 Å². The molecule has 0 radical (unpaired) electrons. The molecule has 0 amide bonds. The lowest BCUT2D eigenvalue weighted by atomic mass is 9.89. The van der Waals surface area contributed by atoms with Crippen molar-refractivity contribution in [3.63, 3.8) is 0 Å². The number of nitrogens with two attached hydrogens (primary N) is 1. The molecule has 1 aliphatic heterocycles. The number of piperidine rings is 1. The van der Waals surface area contributed by atoms with E-state index < -0.39 is 0 Å². The maximum atomic E-state index is 12.1. The number of rotatable bonds is 4. The molecule has 3 rings (SSSR count). The molecule has 0 saturated carbocycles. The number of fused-ring (bicyclic) bond motifs is 1. The molecular formula is C17H23N3O2. The Morgan fingerprint density at radius 1 is 1.36 bits per heavy atom. The summed E-state index contributed by atoms with van der Waals surface area (Å²) >= 11 is 0. The van der Waals surface area contributed by atoms with E-state index in [1.54, 1.807) is 4.68 Å². The molecule has 0 unspecified atom stereocenters. The molecule has 1 saturated heterocycles. The average Bonchev–Trinajstić information content (AvgIpc) is 2.85. The third-order valence-electron chi connectivity index (χ3n) is 4.62. The van der Waals surface area contributed by atoms with Gasteiger partial charge in [0.2, 0.25) is 0 Å². The molecule has 2 heterocycles. The van der Waals surface area contributed by atoms with Crippen molar-refractivity contribution in [1.82, 2.24) is 9.58 Å². The zero-order valence-corrected chi connectivity index (χ0v) is 13.2. The predicted molar refractivity (Wildman–Crippen MR) is 87.8 cm³/mol. The maximum Gasteiger partial charge on any atom is 0.188 e. The summed E-state index contributed by atoms with van der Waals surface area (Å²) in [6, 6.07) is 5.72.